The van der Waals surface area contributed by atoms with Gasteiger partial charge in [-0.2, -0.15) is 0 Å². The molecule has 0 N–H and O–H groups in total. The fraction of sp³-hybridized carbons (Fsp3) is 0.316. The Morgan fingerprint density at radius 1 is 1.00 bits per heavy atom. The van der Waals surface area contributed by atoms with E-state index >= 15 is 0 Å². The number of esters is 1. The van der Waals surface area contributed by atoms with Gasteiger partial charge in [-0.3, -0.25) is 4.79 Å². The molecular weight excluding hydrogens is 260 g/mol. The highest BCUT2D eigenvalue weighted by Gasteiger charge is 2.25. The van der Waals surface area contributed by atoms with Crippen LogP contribution in [0.5, 0.6) is 0 Å². The summed E-state index contributed by atoms with van der Waals surface area (Å²) in [5.74, 6) is -0.00652. The van der Waals surface area contributed by atoms with E-state index in [-0.39, 0.29) is 11.9 Å². The zero-order valence-electron chi connectivity index (χ0n) is 12.3. The molecule has 2 heteroatoms. The quantitative estimate of drug-likeness (QED) is 0.798. The van der Waals surface area contributed by atoms with E-state index in [0.29, 0.717) is 13.0 Å². The molecule has 1 aliphatic rings. The number of ether oxygens (including phenoxy) is 1. The third-order valence-corrected chi connectivity index (χ3v) is 4.20. The SMILES string of the molecule is CCOC(=O)CC1c2ccccc2CCc2ccccc21. The summed E-state index contributed by atoms with van der Waals surface area (Å²) in [4.78, 5) is 12.0. The topological polar surface area (TPSA) is 26.3 Å². The number of benzene rings is 2. The summed E-state index contributed by atoms with van der Waals surface area (Å²) in [6, 6.07) is 16.9. The van der Waals surface area contributed by atoms with Gasteiger partial charge in [-0.05, 0) is 42.0 Å². The van der Waals surface area contributed by atoms with Gasteiger partial charge in [0.05, 0.1) is 13.0 Å². The van der Waals surface area contributed by atoms with Crippen LogP contribution in [-0.2, 0) is 22.4 Å². The van der Waals surface area contributed by atoms with Crippen molar-refractivity contribution in [3.05, 3.63) is 70.8 Å². The molecule has 0 atom stereocenters. The second kappa shape index (κ2) is 6.13. The van der Waals surface area contributed by atoms with Crippen molar-refractivity contribution in [3.63, 3.8) is 0 Å². The summed E-state index contributed by atoms with van der Waals surface area (Å²) in [6.07, 6.45) is 2.49. The minimum absolute atomic E-state index is 0.110. The Bertz CT molecular complexity index is 598. The predicted octanol–water partition coefficient (Wildman–Crippen LogP) is 3.87. The van der Waals surface area contributed by atoms with E-state index in [2.05, 4.69) is 48.5 Å². The number of hydrogen-bond donors (Lipinski definition) is 0. The highest BCUT2D eigenvalue weighted by molar-refractivity contribution is 5.72. The van der Waals surface area contributed by atoms with Gasteiger partial charge in [0, 0.05) is 5.92 Å². The van der Waals surface area contributed by atoms with E-state index in [1.807, 2.05) is 6.92 Å². The molecule has 2 aromatic rings. The van der Waals surface area contributed by atoms with Crippen molar-refractivity contribution in [2.75, 3.05) is 6.61 Å². The molecular formula is C19H20O2. The molecule has 108 valence electrons. The number of hydrogen-bond acceptors (Lipinski definition) is 2. The second-order valence-corrected chi connectivity index (χ2v) is 5.46. The Morgan fingerprint density at radius 2 is 1.52 bits per heavy atom. The van der Waals surface area contributed by atoms with Crippen molar-refractivity contribution < 1.29 is 9.53 Å². The van der Waals surface area contributed by atoms with Gasteiger partial charge in [0.15, 0.2) is 0 Å². The molecule has 0 amide bonds. The third kappa shape index (κ3) is 2.85. The van der Waals surface area contributed by atoms with Crippen LogP contribution in [0.3, 0.4) is 0 Å². The van der Waals surface area contributed by atoms with Crippen molar-refractivity contribution in [1.82, 2.24) is 0 Å². The molecule has 0 heterocycles. The van der Waals surface area contributed by atoms with Crippen LogP contribution in [0.4, 0.5) is 0 Å². The predicted molar refractivity (Wildman–Crippen MR) is 83.4 cm³/mol. The van der Waals surface area contributed by atoms with Crippen LogP contribution in [0.15, 0.2) is 48.5 Å². The lowest BCUT2D eigenvalue weighted by atomic mass is 9.86. The molecule has 21 heavy (non-hydrogen) atoms. The Balaban J connectivity index is 2.04. The number of aryl methyl sites for hydroxylation is 2. The minimum atomic E-state index is -0.117. The monoisotopic (exact) mass is 280 g/mol. The molecule has 0 aliphatic heterocycles. The maximum atomic E-state index is 12.0. The van der Waals surface area contributed by atoms with Crippen molar-refractivity contribution in [2.24, 2.45) is 0 Å². The molecule has 1 aliphatic carbocycles. The molecule has 0 unspecified atom stereocenters. The van der Waals surface area contributed by atoms with Crippen LogP contribution in [0.1, 0.15) is 41.5 Å². The van der Waals surface area contributed by atoms with E-state index < -0.39 is 0 Å². The van der Waals surface area contributed by atoms with Gasteiger partial charge in [-0.25, -0.2) is 0 Å². The summed E-state index contributed by atoms with van der Waals surface area (Å²) in [6.45, 7) is 2.29. The fourth-order valence-electron chi connectivity index (χ4n) is 3.25. The number of carbonyl (C=O) groups is 1. The van der Waals surface area contributed by atoms with E-state index in [1.165, 1.54) is 22.3 Å². The first-order valence-electron chi connectivity index (χ1n) is 7.60. The van der Waals surface area contributed by atoms with E-state index in [0.717, 1.165) is 12.8 Å². The summed E-state index contributed by atoms with van der Waals surface area (Å²) in [5.41, 5.74) is 5.25. The number of carbonyl (C=O) groups excluding carboxylic acids is 1. The van der Waals surface area contributed by atoms with Crippen LogP contribution in [0, 0.1) is 0 Å². The average molecular weight is 280 g/mol. The van der Waals surface area contributed by atoms with Crippen molar-refractivity contribution in [2.45, 2.75) is 32.1 Å². The van der Waals surface area contributed by atoms with Gasteiger partial charge in [-0.1, -0.05) is 48.5 Å². The van der Waals surface area contributed by atoms with E-state index in [9.17, 15) is 4.79 Å². The summed E-state index contributed by atoms with van der Waals surface area (Å²) in [5, 5.41) is 0. The van der Waals surface area contributed by atoms with Gasteiger partial charge in [0.1, 0.15) is 0 Å². The normalized spacial score (nSPS) is 14.0. The summed E-state index contributed by atoms with van der Waals surface area (Å²) < 4.78 is 5.18. The van der Waals surface area contributed by atoms with E-state index in [1.54, 1.807) is 0 Å². The highest BCUT2D eigenvalue weighted by Crippen LogP contribution is 2.36. The van der Waals surface area contributed by atoms with Gasteiger partial charge >= 0.3 is 5.97 Å². The lowest BCUT2D eigenvalue weighted by Gasteiger charge is -2.19. The first-order valence-corrected chi connectivity index (χ1v) is 7.60. The minimum Gasteiger partial charge on any atom is -0.466 e. The first-order chi connectivity index (χ1) is 10.3. The van der Waals surface area contributed by atoms with Gasteiger partial charge < -0.3 is 4.74 Å². The molecule has 0 bridgehead atoms. The first kappa shape index (κ1) is 13.9. The molecule has 0 radical (unpaired) electrons. The summed E-state index contributed by atoms with van der Waals surface area (Å²) in [7, 11) is 0. The molecule has 2 nitrogen and oxygen atoms in total. The third-order valence-electron chi connectivity index (χ3n) is 4.20. The summed E-state index contributed by atoms with van der Waals surface area (Å²) >= 11 is 0. The fourth-order valence-corrected chi connectivity index (χ4v) is 3.25. The molecule has 3 rings (SSSR count). The molecule has 0 fully saturated rings. The number of fused-ring (bicyclic) bond motifs is 2. The average Bonchev–Trinajstić information content (AvgIpc) is 2.66. The second-order valence-electron chi connectivity index (χ2n) is 5.46. The van der Waals surface area contributed by atoms with Crippen molar-refractivity contribution >= 4 is 5.97 Å². The van der Waals surface area contributed by atoms with Crippen molar-refractivity contribution in [3.8, 4) is 0 Å². The highest BCUT2D eigenvalue weighted by atomic mass is 16.5. The molecule has 0 saturated heterocycles. The van der Waals surface area contributed by atoms with Crippen LogP contribution >= 0.6 is 0 Å². The Labute approximate surface area is 125 Å². The van der Waals surface area contributed by atoms with E-state index in [4.69, 9.17) is 4.74 Å². The van der Waals surface area contributed by atoms with Crippen LogP contribution in [-0.4, -0.2) is 12.6 Å². The van der Waals surface area contributed by atoms with Gasteiger partial charge in [-0.15, -0.1) is 0 Å². The number of rotatable bonds is 3. The smallest absolute Gasteiger partial charge is 0.306 e. The van der Waals surface area contributed by atoms with Gasteiger partial charge in [0.2, 0.25) is 0 Å². The molecule has 2 aromatic carbocycles. The Hall–Kier alpha value is -2.09. The Morgan fingerprint density at radius 3 is 2.05 bits per heavy atom. The molecule has 0 spiro atoms. The van der Waals surface area contributed by atoms with Crippen LogP contribution in [0.25, 0.3) is 0 Å². The maximum absolute atomic E-state index is 12.0. The standard InChI is InChI=1S/C19H20O2/c1-2-21-19(20)13-18-16-9-5-3-7-14(16)11-12-15-8-4-6-10-17(15)18/h3-10,18H,2,11-13H2,1H3. The largest absolute Gasteiger partial charge is 0.466 e. The zero-order chi connectivity index (χ0) is 14.7. The van der Waals surface area contributed by atoms with Gasteiger partial charge in [0.25, 0.3) is 0 Å². The maximum Gasteiger partial charge on any atom is 0.306 e. The molecule has 0 aromatic heterocycles. The van der Waals surface area contributed by atoms with Crippen LogP contribution < -0.4 is 0 Å². The Kier molecular flexibility index (Phi) is 4.05. The zero-order valence-corrected chi connectivity index (χ0v) is 12.3. The van der Waals surface area contributed by atoms with Crippen LogP contribution in [0.2, 0.25) is 0 Å². The molecule has 0 saturated carbocycles. The van der Waals surface area contributed by atoms with Crippen molar-refractivity contribution in [1.29, 1.82) is 0 Å². The lowest BCUT2D eigenvalue weighted by molar-refractivity contribution is -0.143. The lowest BCUT2D eigenvalue weighted by Crippen LogP contribution is -2.12.